The molecule has 10 nitrogen and oxygen atoms in total. The Balaban J connectivity index is 1.46. The number of nitrogens with two attached hydrogens (primary N) is 1. The number of aryl methyl sites for hydroxylation is 1. The number of fused-ring (bicyclic) bond motifs is 1. The number of amides is 1. The number of aromatic nitrogens is 4. The Kier molecular flexibility index (Phi) is 7.56. The number of rotatable bonds is 8. The van der Waals surface area contributed by atoms with Gasteiger partial charge in [-0.2, -0.15) is 13.2 Å². The molecule has 2 N–H and O–H groups in total. The van der Waals surface area contributed by atoms with Crippen LogP contribution in [-0.2, 0) is 6.18 Å². The van der Waals surface area contributed by atoms with Crippen molar-refractivity contribution in [1.82, 2.24) is 24.8 Å². The van der Waals surface area contributed by atoms with Crippen LogP contribution in [0.3, 0.4) is 0 Å². The van der Waals surface area contributed by atoms with Crippen molar-refractivity contribution in [2.45, 2.75) is 58.5 Å². The minimum absolute atomic E-state index is 0.00658. The predicted octanol–water partition coefficient (Wildman–Crippen LogP) is 5.11. The van der Waals surface area contributed by atoms with E-state index in [0.717, 1.165) is 11.6 Å². The lowest BCUT2D eigenvalue weighted by Crippen LogP contribution is -2.56. The number of pyridine rings is 1. The van der Waals surface area contributed by atoms with E-state index in [2.05, 4.69) is 19.9 Å². The predicted molar refractivity (Wildman–Crippen MR) is 142 cm³/mol. The molecular formula is C28H29F3N6O4. The molecule has 0 bridgehead atoms. The number of ether oxygens (including phenoxy) is 2. The fourth-order valence-electron chi connectivity index (χ4n) is 4.26. The van der Waals surface area contributed by atoms with Crippen LogP contribution in [0.25, 0.3) is 22.4 Å². The Labute approximate surface area is 233 Å². The number of likely N-dealkylation sites (tertiary alicyclic amines) is 1. The van der Waals surface area contributed by atoms with E-state index in [4.69, 9.17) is 19.6 Å². The summed E-state index contributed by atoms with van der Waals surface area (Å²) in [6, 6.07) is 4.87. The highest BCUT2D eigenvalue weighted by molar-refractivity contribution is 5.98. The first-order valence-corrected chi connectivity index (χ1v) is 13.1. The van der Waals surface area contributed by atoms with Crippen LogP contribution in [0.15, 0.2) is 41.1 Å². The molecule has 4 heterocycles. The minimum atomic E-state index is -4.65. The number of hydrogen-bond acceptors (Lipinski definition) is 9. The van der Waals surface area contributed by atoms with Crippen LogP contribution in [0.2, 0.25) is 0 Å². The van der Waals surface area contributed by atoms with Crippen molar-refractivity contribution >= 4 is 16.8 Å². The molecule has 0 radical (unpaired) electrons. The maximum atomic E-state index is 13.5. The molecule has 1 fully saturated rings. The molecule has 216 valence electrons. The Morgan fingerprint density at radius 2 is 1.85 bits per heavy atom. The molecule has 2 atom stereocenters. The number of carbonyl (C=O) groups is 1. The summed E-state index contributed by atoms with van der Waals surface area (Å²) in [5.41, 5.74) is 6.34. The first-order valence-electron chi connectivity index (χ1n) is 13.1. The molecule has 3 aromatic heterocycles. The van der Waals surface area contributed by atoms with Crippen molar-refractivity contribution in [2.75, 3.05) is 13.1 Å². The maximum Gasteiger partial charge on any atom is 0.433 e. The van der Waals surface area contributed by atoms with Gasteiger partial charge in [0.25, 0.3) is 5.91 Å². The fourth-order valence-corrected chi connectivity index (χ4v) is 4.26. The SMILES string of the molecule is CCC(C)Oc1ccc(-c2nc(C(=O)N3CC(Oc4ncc(C)cn4)C3)c([C@H](C)N)o2)c2ccc(C(F)(F)F)nc12. The number of carbonyl (C=O) groups excluding carboxylic acids is 1. The summed E-state index contributed by atoms with van der Waals surface area (Å²) in [6.07, 6.45) is -1.26. The van der Waals surface area contributed by atoms with Gasteiger partial charge in [0.05, 0.1) is 25.2 Å². The fraction of sp³-hybridized carbons (Fsp3) is 0.393. The minimum Gasteiger partial charge on any atom is -0.488 e. The summed E-state index contributed by atoms with van der Waals surface area (Å²) in [6.45, 7) is 7.80. The monoisotopic (exact) mass is 570 g/mol. The van der Waals surface area contributed by atoms with Crippen LogP contribution in [0.4, 0.5) is 13.2 Å². The van der Waals surface area contributed by atoms with Gasteiger partial charge in [-0.25, -0.2) is 19.9 Å². The highest BCUT2D eigenvalue weighted by Crippen LogP contribution is 2.38. The molecule has 4 aromatic rings. The number of nitrogens with zero attached hydrogens (tertiary/aromatic N) is 5. The number of alkyl halides is 3. The van der Waals surface area contributed by atoms with Gasteiger partial charge in [0, 0.05) is 23.3 Å². The van der Waals surface area contributed by atoms with Crippen LogP contribution in [0, 0.1) is 6.92 Å². The summed E-state index contributed by atoms with van der Waals surface area (Å²) in [5, 5.41) is 0.325. The van der Waals surface area contributed by atoms with Gasteiger partial charge in [0.2, 0.25) is 5.89 Å². The second-order valence-corrected chi connectivity index (χ2v) is 10.1. The Morgan fingerprint density at radius 1 is 1.15 bits per heavy atom. The molecule has 1 unspecified atom stereocenters. The van der Waals surface area contributed by atoms with Crippen molar-refractivity contribution in [2.24, 2.45) is 5.73 Å². The van der Waals surface area contributed by atoms with Gasteiger partial charge in [-0.1, -0.05) is 6.92 Å². The molecule has 5 rings (SSSR count). The Morgan fingerprint density at radius 3 is 2.49 bits per heavy atom. The summed E-state index contributed by atoms with van der Waals surface area (Å²) in [5.74, 6) is -0.0213. The van der Waals surface area contributed by atoms with Gasteiger partial charge in [0.15, 0.2) is 11.5 Å². The lowest BCUT2D eigenvalue weighted by Gasteiger charge is -2.37. The topological polar surface area (TPSA) is 129 Å². The maximum absolute atomic E-state index is 13.5. The van der Waals surface area contributed by atoms with E-state index in [0.29, 0.717) is 17.4 Å². The second kappa shape index (κ2) is 11.0. The van der Waals surface area contributed by atoms with Gasteiger partial charge in [-0.05, 0) is 57.0 Å². The third kappa shape index (κ3) is 5.80. The van der Waals surface area contributed by atoms with E-state index < -0.39 is 23.8 Å². The number of benzene rings is 1. The highest BCUT2D eigenvalue weighted by atomic mass is 19.4. The van der Waals surface area contributed by atoms with Gasteiger partial charge >= 0.3 is 12.2 Å². The van der Waals surface area contributed by atoms with Crippen molar-refractivity contribution < 1.29 is 31.9 Å². The van der Waals surface area contributed by atoms with Crippen LogP contribution in [0.1, 0.15) is 60.7 Å². The summed E-state index contributed by atoms with van der Waals surface area (Å²) < 4.78 is 58.1. The van der Waals surface area contributed by atoms with E-state index in [-0.39, 0.29) is 59.9 Å². The average molecular weight is 571 g/mol. The lowest BCUT2D eigenvalue weighted by atomic mass is 10.1. The Bertz CT molecular complexity index is 1570. The normalized spacial score (nSPS) is 15.5. The van der Waals surface area contributed by atoms with E-state index in [1.165, 1.54) is 17.0 Å². The quantitative estimate of drug-likeness (QED) is 0.307. The van der Waals surface area contributed by atoms with E-state index in [1.54, 1.807) is 25.4 Å². The van der Waals surface area contributed by atoms with E-state index in [9.17, 15) is 18.0 Å². The zero-order valence-corrected chi connectivity index (χ0v) is 22.9. The summed E-state index contributed by atoms with van der Waals surface area (Å²) in [4.78, 5) is 31.5. The molecule has 13 heteroatoms. The molecule has 0 saturated carbocycles. The van der Waals surface area contributed by atoms with Crippen molar-refractivity contribution in [1.29, 1.82) is 0 Å². The number of oxazole rings is 1. The van der Waals surface area contributed by atoms with E-state index >= 15 is 0 Å². The highest BCUT2D eigenvalue weighted by Gasteiger charge is 2.37. The standard InChI is InChI=1S/C28H29F3N6O4/c1-5-15(3)39-20-8-6-19(18-7-9-21(28(29,30)31)35-22(18)20)25-36-23(24(41-25)16(4)32)26(38)37-12-17(13-37)40-27-33-10-14(2)11-34-27/h6-11,15-17H,5,12-13,32H2,1-4H3/t15?,16-/m0/s1. The first kappa shape index (κ1) is 28.3. The number of halogens is 3. The molecular weight excluding hydrogens is 541 g/mol. The van der Waals surface area contributed by atoms with Crippen molar-refractivity contribution in [3.05, 3.63) is 59.4 Å². The zero-order chi connectivity index (χ0) is 29.5. The van der Waals surface area contributed by atoms with Crippen LogP contribution in [0.5, 0.6) is 11.8 Å². The third-order valence-electron chi connectivity index (χ3n) is 6.68. The van der Waals surface area contributed by atoms with Crippen LogP contribution < -0.4 is 15.2 Å². The van der Waals surface area contributed by atoms with Gasteiger partial charge in [-0.15, -0.1) is 0 Å². The zero-order valence-electron chi connectivity index (χ0n) is 22.9. The Hall–Kier alpha value is -4.26. The number of hydrogen-bond donors (Lipinski definition) is 1. The molecule has 0 spiro atoms. The molecule has 1 aromatic carbocycles. The van der Waals surface area contributed by atoms with Crippen LogP contribution in [-0.4, -0.2) is 56.0 Å². The van der Waals surface area contributed by atoms with Gasteiger partial charge in [0.1, 0.15) is 23.1 Å². The largest absolute Gasteiger partial charge is 0.488 e. The van der Waals surface area contributed by atoms with Gasteiger partial charge < -0.3 is 24.5 Å². The smallest absolute Gasteiger partial charge is 0.433 e. The molecule has 0 aliphatic carbocycles. The first-order chi connectivity index (χ1) is 19.4. The second-order valence-electron chi connectivity index (χ2n) is 10.1. The van der Waals surface area contributed by atoms with Crippen LogP contribution >= 0.6 is 0 Å². The van der Waals surface area contributed by atoms with Gasteiger partial charge in [-0.3, -0.25) is 4.79 Å². The lowest BCUT2D eigenvalue weighted by molar-refractivity contribution is -0.140. The summed E-state index contributed by atoms with van der Waals surface area (Å²) >= 11 is 0. The van der Waals surface area contributed by atoms with Crippen molar-refractivity contribution in [3.8, 4) is 23.2 Å². The third-order valence-corrected chi connectivity index (χ3v) is 6.68. The average Bonchev–Trinajstić information content (AvgIpc) is 3.36. The molecule has 1 saturated heterocycles. The molecule has 41 heavy (non-hydrogen) atoms. The van der Waals surface area contributed by atoms with E-state index in [1.807, 2.05) is 20.8 Å². The summed E-state index contributed by atoms with van der Waals surface area (Å²) in [7, 11) is 0. The molecule has 1 aliphatic rings. The molecule has 1 amide bonds. The molecule has 1 aliphatic heterocycles. The van der Waals surface area contributed by atoms with Crippen molar-refractivity contribution in [3.63, 3.8) is 0 Å².